The predicted molar refractivity (Wildman–Crippen MR) is 120 cm³/mol. The summed E-state index contributed by atoms with van der Waals surface area (Å²) in [7, 11) is -3.95. The maximum absolute atomic E-state index is 13.0. The number of nitrogens with zero attached hydrogens (tertiary/aromatic N) is 2. The van der Waals surface area contributed by atoms with Crippen molar-refractivity contribution in [2.45, 2.75) is 31.1 Å². The first-order valence-electron chi connectivity index (χ1n) is 9.35. The summed E-state index contributed by atoms with van der Waals surface area (Å²) < 4.78 is 28.4. The van der Waals surface area contributed by atoms with Crippen molar-refractivity contribution in [1.82, 2.24) is 4.98 Å². The Bertz CT molecular complexity index is 1290. The third-order valence-electron chi connectivity index (χ3n) is 4.64. The van der Waals surface area contributed by atoms with Crippen LogP contribution in [0.15, 0.2) is 65.7 Å². The molecule has 0 fully saturated rings. The minimum Gasteiger partial charge on any atom is -0.289 e. The number of benzene rings is 2. The van der Waals surface area contributed by atoms with Gasteiger partial charge in [-0.05, 0) is 53.4 Å². The minimum absolute atomic E-state index is 0.0671. The van der Waals surface area contributed by atoms with Crippen LogP contribution in [0.5, 0.6) is 0 Å². The second kappa shape index (κ2) is 8.50. The van der Waals surface area contributed by atoms with Gasteiger partial charge in [0.25, 0.3) is 10.0 Å². The monoisotopic (exact) mass is 453 g/mol. The molecule has 158 valence electrons. The molecule has 1 N–H and O–H groups in total. The second-order valence-corrected chi connectivity index (χ2v) is 10.1. The molecule has 2 aromatic carbocycles. The van der Waals surface area contributed by atoms with E-state index in [0.717, 1.165) is 5.56 Å². The molecule has 3 aromatic rings. The molecule has 0 atom stereocenters. The summed E-state index contributed by atoms with van der Waals surface area (Å²) in [6.07, 6.45) is 1.34. The molecule has 0 radical (unpaired) electrons. The zero-order chi connectivity index (χ0) is 22.8. The topological polar surface area (TPSA) is 99.9 Å². The largest absolute Gasteiger partial charge is 0.289 e. The minimum atomic E-state index is -3.95. The van der Waals surface area contributed by atoms with Gasteiger partial charge in [0.1, 0.15) is 11.8 Å². The van der Waals surface area contributed by atoms with Crippen LogP contribution in [0.4, 0.5) is 5.69 Å². The molecule has 3 rings (SSSR count). The lowest BCUT2D eigenvalue weighted by molar-refractivity contribution is 0.103. The summed E-state index contributed by atoms with van der Waals surface area (Å²) in [6, 6.07) is 15.6. The fraction of sp³-hybridized carbons (Fsp3) is 0.174. The lowest BCUT2D eigenvalue weighted by Crippen LogP contribution is -2.17. The van der Waals surface area contributed by atoms with Gasteiger partial charge in [-0.15, -0.1) is 0 Å². The van der Waals surface area contributed by atoms with Crippen LogP contribution in [0.1, 0.15) is 48.0 Å². The Morgan fingerprint density at radius 3 is 2.35 bits per heavy atom. The van der Waals surface area contributed by atoms with Gasteiger partial charge in [-0.1, -0.05) is 44.5 Å². The molecule has 31 heavy (non-hydrogen) atoms. The van der Waals surface area contributed by atoms with Crippen LogP contribution in [0.25, 0.3) is 0 Å². The van der Waals surface area contributed by atoms with Gasteiger partial charge in [0.05, 0.1) is 10.6 Å². The maximum atomic E-state index is 13.0. The first kappa shape index (κ1) is 22.5. The van der Waals surface area contributed by atoms with Gasteiger partial charge in [-0.3, -0.25) is 9.52 Å². The van der Waals surface area contributed by atoms with Crippen molar-refractivity contribution < 1.29 is 13.2 Å². The van der Waals surface area contributed by atoms with Crippen molar-refractivity contribution in [3.05, 3.63) is 88.2 Å². The molecule has 6 nitrogen and oxygen atoms in total. The Kier molecular flexibility index (Phi) is 6.16. The number of nitrogens with one attached hydrogen (secondary N) is 1. The highest BCUT2D eigenvalue weighted by Crippen LogP contribution is 2.28. The Morgan fingerprint density at radius 2 is 1.74 bits per heavy atom. The number of hydrogen-bond acceptors (Lipinski definition) is 5. The number of rotatable bonds is 5. The fourth-order valence-electron chi connectivity index (χ4n) is 2.92. The highest BCUT2D eigenvalue weighted by molar-refractivity contribution is 7.92. The summed E-state index contributed by atoms with van der Waals surface area (Å²) in [5.41, 5.74) is 1.32. The number of sulfonamides is 1. The molecule has 0 spiro atoms. The summed E-state index contributed by atoms with van der Waals surface area (Å²) in [5.74, 6) is -0.484. The summed E-state index contributed by atoms with van der Waals surface area (Å²) in [4.78, 5) is 17.0. The third kappa shape index (κ3) is 5.10. The van der Waals surface area contributed by atoms with Gasteiger partial charge in [-0.25, -0.2) is 13.4 Å². The number of anilines is 1. The van der Waals surface area contributed by atoms with Crippen molar-refractivity contribution in [3.63, 3.8) is 0 Å². The second-order valence-electron chi connectivity index (χ2n) is 7.94. The SMILES string of the molecule is CC(C)(C)c1ccc(S(=O)(=O)Nc2ccc(Cl)cc2C(=O)c2ccnc(C#N)c2)cc1. The highest BCUT2D eigenvalue weighted by atomic mass is 35.5. The Balaban J connectivity index is 1.98. The molecule has 0 aliphatic rings. The normalized spacial score (nSPS) is 11.6. The third-order valence-corrected chi connectivity index (χ3v) is 6.25. The van der Waals surface area contributed by atoms with E-state index in [-0.39, 0.29) is 37.8 Å². The molecular formula is C23H20ClN3O3S. The van der Waals surface area contributed by atoms with Gasteiger partial charge in [-0.2, -0.15) is 5.26 Å². The Hall–Kier alpha value is -3.21. The molecule has 0 unspecified atom stereocenters. The van der Waals surface area contributed by atoms with Crippen molar-refractivity contribution in [1.29, 1.82) is 5.26 Å². The predicted octanol–water partition coefficient (Wildman–Crippen LogP) is 4.94. The van der Waals surface area contributed by atoms with Crippen LogP contribution in [0.3, 0.4) is 0 Å². The molecule has 0 aliphatic heterocycles. The number of ketones is 1. The van der Waals surface area contributed by atoms with E-state index < -0.39 is 15.8 Å². The van der Waals surface area contributed by atoms with Gasteiger partial charge in [0.15, 0.2) is 5.78 Å². The van der Waals surface area contributed by atoms with Crippen molar-refractivity contribution >= 4 is 33.1 Å². The molecule has 8 heteroatoms. The fourth-order valence-corrected chi connectivity index (χ4v) is 4.17. The van der Waals surface area contributed by atoms with E-state index in [1.165, 1.54) is 48.7 Å². The molecule has 0 saturated heterocycles. The summed E-state index contributed by atoms with van der Waals surface area (Å²) in [5, 5.41) is 9.30. The number of aromatic nitrogens is 1. The first-order valence-corrected chi connectivity index (χ1v) is 11.2. The van der Waals surface area contributed by atoms with E-state index in [1.807, 2.05) is 26.8 Å². The van der Waals surface area contributed by atoms with Gasteiger partial charge >= 0.3 is 0 Å². The summed E-state index contributed by atoms with van der Waals surface area (Å²) in [6.45, 7) is 6.12. The number of nitriles is 1. The Morgan fingerprint density at radius 1 is 1.06 bits per heavy atom. The average molecular weight is 454 g/mol. The molecule has 1 heterocycles. The number of hydrogen-bond donors (Lipinski definition) is 1. The highest BCUT2D eigenvalue weighted by Gasteiger charge is 2.21. The smallest absolute Gasteiger partial charge is 0.261 e. The molecule has 0 amide bonds. The molecular weight excluding hydrogens is 434 g/mol. The zero-order valence-electron chi connectivity index (χ0n) is 17.2. The van der Waals surface area contributed by atoms with Gasteiger partial charge in [0, 0.05) is 22.3 Å². The number of pyridine rings is 1. The number of carbonyl (C=O) groups excluding carboxylic acids is 1. The van der Waals surface area contributed by atoms with E-state index in [1.54, 1.807) is 12.1 Å². The maximum Gasteiger partial charge on any atom is 0.261 e. The van der Waals surface area contributed by atoms with E-state index in [0.29, 0.717) is 0 Å². The quantitative estimate of drug-likeness (QED) is 0.551. The van der Waals surface area contributed by atoms with E-state index >= 15 is 0 Å². The van der Waals surface area contributed by atoms with Crippen LogP contribution < -0.4 is 4.72 Å². The van der Waals surface area contributed by atoms with Gasteiger partial charge < -0.3 is 0 Å². The standard InChI is InChI=1S/C23H20ClN3O3S/c1-23(2,3)16-4-7-19(8-5-16)31(29,30)27-21-9-6-17(24)13-20(21)22(28)15-10-11-26-18(12-15)14-25/h4-13,27H,1-3H3. The first-order chi connectivity index (χ1) is 14.5. The molecule has 0 aliphatic carbocycles. The van der Waals surface area contributed by atoms with Crippen LogP contribution in [-0.4, -0.2) is 19.2 Å². The zero-order valence-corrected chi connectivity index (χ0v) is 18.8. The van der Waals surface area contributed by atoms with Crippen molar-refractivity contribution in [3.8, 4) is 6.07 Å². The molecule has 0 saturated carbocycles. The van der Waals surface area contributed by atoms with Crippen LogP contribution in [0.2, 0.25) is 5.02 Å². The van der Waals surface area contributed by atoms with Gasteiger partial charge in [0.2, 0.25) is 0 Å². The Labute approximate surface area is 186 Å². The molecule has 0 bridgehead atoms. The van der Waals surface area contributed by atoms with E-state index in [2.05, 4.69) is 9.71 Å². The lowest BCUT2D eigenvalue weighted by atomic mass is 9.87. The van der Waals surface area contributed by atoms with Crippen LogP contribution >= 0.6 is 11.6 Å². The van der Waals surface area contributed by atoms with Crippen molar-refractivity contribution in [2.24, 2.45) is 0 Å². The van der Waals surface area contributed by atoms with E-state index in [4.69, 9.17) is 16.9 Å². The number of carbonyl (C=O) groups is 1. The van der Waals surface area contributed by atoms with Crippen LogP contribution in [0, 0.1) is 11.3 Å². The average Bonchev–Trinajstić information content (AvgIpc) is 2.74. The van der Waals surface area contributed by atoms with E-state index in [9.17, 15) is 13.2 Å². The van der Waals surface area contributed by atoms with Crippen molar-refractivity contribution in [2.75, 3.05) is 4.72 Å². The lowest BCUT2D eigenvalue weighted by Gasteiger charge is -2.19. The summed E-state index contributed by atoms with van der Waals surface area (Å²) >= 11 is 6.06. The molecule has 1 aromatic heterocycles. The number of halogens is 1. The van der Waals surface area contributed by atoms with Crippen LogP contribution in [-0.2, 0) is 15.4 Å².